The first-order valence-corrected chi connectivity index (χ1v) is 6.43. The number of hydrogen-bond donors (Lipinski definition) is 0. The van der Waals surface area contributed by atoms with Crippen LogP contribution in [0, 0.1) is 0 Å². The zero-order valence-electron chi connectivity index (χ0n) is 10.7. The second-order valence-corrected chi connectivity index (χ2v) is 4.57. The molecule has 19 heavy (non-hydrogen) atoms. The van der Waals surface area contributed by atoms with Crippen molar-refractivity contribution >= 4 is 0 Å². The first-order valence-electron chi connectivity index (χ1n) is 6.43. The summed E-state index contributed by atoms with van der Waals surface area (Å²) in [5.41, 5.74) is 1.86. The molecule has 0 N–H and O–H groups in total. The molecule has 0 bridgehead atoms. The fourth-order valence-electron chi connectivity index (χ4n) is 2.60. The van der Waals surface area contributed by atoms with E-state index in [9.17, 15) is 0 Å². The molecule has 0 aromatic heterocycles. The molecular formula is C17H16O2. The Bertz CT molecular complexity index is 571. The van der Waals surface area contributed by atoms with Gasteiger partial charge in [0, 0.05) is 12.0 Å². The van der Waals surface area contributed by atoms with Gasteiger partial charge in [-0.2, -0.15) is 0 Å². The molecule has 2 aromatic carbocycles. The summed E-state index contributed by atoms with van der Waals surface area (Å²) in [4.78, 5) is 0. The van der Waals surface area contributed by atoms with E-state index in [1.54, 1.807) is 0 Å². The molecule has 2 nitrogen and oxygen atoms in total. The zero-order chi connectivity index (χ0) is 13.1. The lowest BCUT2D eigenvalue weighted by atomic mass is 9.80. The van der Waals surface area contributed by atoms with E-state index in [0.29, 0.717) is 0 Å². The van der Waals surface area contributed by atoms with Crippen molar-refractivity contribution in [2.24, 2.45) is 0 Å². The Morgan fingerprint density at radius 2 is 1.74 bits per heavy atom. The number of benzene rings is 2. The molecule has 1 saturated heterocycles. The molecule has 0 saturated carbocycles. The average molecular weight is 252 g/mol. The van der Waals surface area contributed by atoms with Crippen molar-refractivity contribution in [2.75, 3.05) is 6.61 Å². The predicted molar refractivity (Wildman–Crippen MR) is 75.1 cm³/mol. The third-order valence-electron chi connectivity index (χ3n) is 3.58. The van der Waals surface area contributed by atoms with Gasteiger partial charge in [-0.05, 0) is 11.6 Å². The third-order valence-corrected chi connectivity index (χ3v) is 3.58. The molecule has 0 spiro atoms. The molecular weight excluding hydrogens is 236 g/mol. The summed E-state index contributed by atoms with van der Waals surface area (Å²) in [7, 11) is 0. The SMILES string of the molecule is C=COc1ccccc1C1(c2ccccc2)CCO1. The maximum atomic E-state index is 5.96. The third kappa shape index (κ3) is 1.94. The minimum atomic E-state index is -0.374. The Hall–Kier alpha value is -2.06. The van der Waals surface area contributed by atoms with Crippen molar-refractivity contribution in [1.82, 2.24) is 0 Å². The van der Waals surface area contributed by atoms with Crippen LogP contribution in [-0.4, -0.2) is 6.61 Å². The van der Waals surface area contributed by atoms with Gasteiger partial charge < -0.3 is 9.47 Å². The highest BCUT2D eigenvalue weighted by molar-refractivity contribution is 5.46. The van der Waals surface area contributed by atoms with Gasteiger partial charge in [0.25, 0.3) is 0 Å². The van der Waals surface area contributed by atoms with Crippen LogP contribution in [-0.2, 0) is 10.3 Å². The van der Waals surface area contributed by atoms with E-state index in [1.807, 2.05) is 36.4 Å². The number of para-hydroxylation sites is 1. The molecule has 3 rings (SSSR count). The molecule has 1 unspecified atom stereocenters. The molecule has 0 aliphatic carbocycles. The first kappa shape index (κ1) is 12.0. The standard InChI is InChI=1S/C17H16O2/c1-2-18-16-11-7-6-10-15(16)17(12-13-19-17)14-8-4-3-5-9-14/h2-11H,1,12-13H2. The van der Waals surface area contributed by atoms with E-state index < -0.39 is 0 Å². The molecule has 1 atom stereocenters. The summed E-state index contributed by atoms with van der Waals surface area (Å²) in [6, 6.07) is 18.3. The van der Waals surface area contributed by atoms with E-state index in [0.717, 1.165) is 24.3 Å². The minimum absolute atomic E-state index is 0.374. The monoisotopic (exact) mass is 252 g/mol. The van der Waals surface area contributed by atoms with Crippen LogP contribution in [0.5, 0.6) is 5.75 Å². The molecule has 1 aliphatic rings. The Morgan fingerprint density at radius 1 is 1.05 bits per heavy atom. The lowest BCUT2D eigenvalue weighted by Crippen LogP contribution is -2.42. The van der Waals surface area contributed by atoms with E-state index in [4.69, 9.17) is 9.47 Å². The van der Waals surface area contributed by atoms with E-state index in [2.05, 4.69) is 24.8 Å². The molecule has 0 radical (unpaired) electrons. The van der Waals surface area contributed by atoms with Gasteiger partial charge in [-0.3, -0.25) is 0 Å². The van der Waals surface area contributed by atoms with Gasteiger partial charge in [0.2, 0.25) is 0 Å². The molecule has 0 amide bonds. The van der Waals surface area contributed by atoms with Gasteiger partial charge in [0.05, 0.1) is 12.9 Å². The zero-order valence-corrected chi connectivity index (χ0v) is 10.7. The van der Waals surface area contributed by atoms with Gasteiger partial charge in [0.15, 0.2) is 0 Å². The quantitative estimate of drug-likeness (QED) is 0.769. The number of ether oxygens (including phenoxy) is 2. The highest BCUT2D eigenvalue weighted by Crippen LogP contribution is 2.46. The number of rotatable bonds is 4. The first-order chi connectivity index (χ1) is 9.37. The van der Waals surface area contributed by atoms with Crippen molar-refractivity contribution < 1.29 is 9.47 Å². The summed E-state index contributed by atoms with van der Waals surface area (Å²) < 4.78 is 11.5. The van der Waals surface area contributed by atoms with Gasteiger partial charge in [-0.25, -0.2) is 0 Å². The minimum Gasteiger partial charge on any atom is -0.465 e. The van der Waals surface area contributed by atoms with Crippen molar-refractivity contribution in [2.45, 2.75) is 12.0 Å². The average Bonchev–Trinajstić information content (AvgIpc) is 2.41. The van der Waals surface area contributed by atoms with Gasteiger partial charge >= 0.3 is 0 Å². The van der Waals surface area contributed by atoms with Crippen LogP contribution in [0.4, 0.5) is 0 Å². The Balaban J connectivity index is 2.10. The van der Waals surface area contributed by atoms with Crippen LogP contribution in [0.25, 0.3) is 0 Å². The fraction of sp³-hybridized carbons (Fsp3) is 0.176. The lowest BCUT2D eigenvalue weighted by molar-refractivity contribution is -0.124. The van der Waals surface area contributed by atoms with Crippen molar-refractivity contribution in [3.63, 3.8) is 0 Å². The highest BCUT2D eigenvalue weighted by atomic mass is 16.5. The van der Waals surface area contributed by atoms with Crippen LogP contribution in [0.1, 0.15) is 17.5 Å². The molecule has 1 heterocycles. The van der Waals surface area contributed by atoms with Crippen molar-refractivity contribution in [3.05, 3.63) is 78.6 Å². The summed E-state index contributed by atoms with van der Waals surface area (Å²) in [6.07, 6.45) is 2.42. The Kier molecular flexibility index (Phi) is 3.10. The van der Waals surface area contributed by atoms with Crippen LogP contribution in [0.15, 0.2) is 67.4 Å². The van der Waals surface area contributed by atoms with Crippen molar-refractivity contribution in [1.29, 1.82) is 0 Å². The maximum absolute atomic E-state index is 5.96. The summed E-state index contributed by atoms with van der Waals surface area (Å²) in [6.45, 7) is 4.41. The largest absolute Gasteiger partial charge is 0.465 e. The van der Waals surface area contributed by atoms with Crippen LogP contribution >= 0.6 is 0 Å². The lowest BCUT2D eigenvalue weighted by Gasteiger charge is -2.43. The summed E-state index contributed by atoms with van der Waals surface area (Å²) in [5, 5.41) is 0. The highest BCUT2D eigenvalue weighted by Gasteiger charge is 2.43. The summed E-state index contributed by atoms with van der Waals surface area (Å²) in [5.74, 6) is 0.807. The molecule has 1 aliphatic heterocycles. The molecule has 96 valence electrons. The predicted octanol–water partition coefficient (Wildman–Crippen LogP) is 3.87. The van der Waals surface area contributed by atoms with E-state index in [-0.39, 0.29) is 5.60 Å². The van der Waals surface area contributed by atoms with E-state index >= 15 is 0 Å². The second-order valence-electron chi connectivity index (χ2n) is 4.57. The normalized spacial score (nSPS) is 21.5. The number of hydrogen-bond acceptors (Lipinski definition) is 2. The second kappa shape index (κ2) is 4.90. The molecule has 1 fully saturated rings. The molecule has 2 heteroatoms. The maximum Gasteiger partial charge on any atom is 0.132 e. The summed E-state index contributed by atoms with van der Waals surface area (Å²) >= 11 is 0. The Morgan fingerprint density at radius 3 is 2.37 bits per heavy atom. The smallest absolute Gasteiger partial charge is 0.132 e. The van der Waals surface area contributed by atoms with Gasteiger partial charge in [-0.15, -0.1) is 0 Å². The molecule has 2 aromatic rings. The Labute approximate surface area is 113 Å². The topological polar surface area (TPSA) is 18.5 Å². The van der Waals surface area contributed by atoms with Crippen LogP contribution < -0.4 is 4.74 Å². The van der Waals surface area contributed by atoms with Crippen LogP contribution in [0.3, 0.4) is 0 Å². The van der Waals surface area contributed by atoms with Gasteiger partial charge in [0.1, 0.15) is 11.4 Å². The van der Waals surface area contributed by atoms with Crippen molar-refractivity contribution in [3.8, 4) is 5.75 Å². The fourth-order valence-corrected chi connectivity index (χ4v) is 2.60. The van der Waals surface area contributed by atoms with Gasteiger partial charge in [-0.1, -0.05) is 55.1 Å². The van der Waals surface area contributed by atoms with E-state index in [1.165, 1.54) is 11.8 Å². The van der Waals surface area contributed by atoms with Crippen LogP contribution in [0.2, 0.25) is 0 Å².